The van der Waals surface area contributed by atoms with Crippen molar-refractivity contribution in [1.82, 2.24) is 9.88 Å². The van der Waals surface area contributed by atoms with E-state index in [2.05, 4.69) is 33.7 Å². The second-order valence-corrected chi connectivity index (χ2v) is 15.7. The van der Waals surface area contributed by atoms with E-state index in [1.165, 1.54) is 17.4 Å². The Morgan fingerprint density at radius 2 is 1.69 bits per heavy atom. The standard InChI is InChI=1S/C43H39F2N5O4S/c1-5-27-18-33(44)36(34(45)19-27)48-41(52)35-20-29-10-13-50(37-26(4)25(3)17-31(37)38(29)55-35)42(53)28-6-8-30(9-7-28)47-40(51)32-16-24(2)21-46-39(32)49-22-43(23-49)11-14-54-15-12-43/h5-9,16-21H,1,4,10-15,22-23H2,2-3H3,(H,47,51)(H,48,52). The maximum atomic E-state index is 14.7. The number of pyridine rings is 1. The van der Waals surface area contributed by atoms with Crippen LogP contribution in [-0.2, 0) is 11.2 Å². The van der Waals surface area contributed by atoms with Crippen LogP contribution < -0.4 is 15.5 Å². The van der Waals surface area contributed by atoms with Crippen LogP contribution in [0.25, 0.3) is 11.6 Å². The fourth-order valence-corrected chi connectivity index (χ4v) is 8.90. The van der Waals surface area contributed by atoms with Crippen molar-refractivity contribution in [3.05, 3.63) is 140 Å². The maximum absolute atomic E-state index is 14.7. The van der Waals surface area contributed by atoms with E-state index in [-0.39, 0.29) is 27.7 Å². The predicted molar refractivity (Wildman–Crippen MR) is 211 cm³/mol. The summed E-state index contributed by atoms with van der Waals surface area (Å²) >= 11 is 1.20. The highest BCUT2D eigenvalue weighted by atomic mass is 32.1. The third kappa shape index (κ3) is 6.70. The van der Waals surface area contributed by atoms with Gasteiger partial charge in [0, 0.05) is 66.2 Å². The van der Waals surface area contributed by atoms with Crippen LogP contribution in [0.5, 0.6) is 0 Å². The van der Waals surface area contributed by atoms with Gasteiger partial charge in [0.15, 0.2) is 0 Å². The number of amides is 3. The molecule has 4 aromatic rings. The Morgan fingerprint density at radius 3 is 2.38 bits per heavy atom. The van der Waals surface area contributed by atoms with Gasteiger partial charge in [-0.25, -0.2) is 13.8 Å². The van der Waals surface area contributed by atoms with Crippen molar-refractivity contribution in [2.75, 3.05) is 48.4 Å². The van der Waals surface area contributed by atoms with Gasteiger partial charge in [0.1, 0.15) is 23.1 Å². The van der Waals surface area contributed by atoms with Gasteiger partial charge in [0.2, 0.25) is 0 Å². The molecule has 1 spiro atoms. The summed E-state index contributed by atoms with van der Waals surface area (Å²) in [6.45, 7) is 15.2. The smallest absolute Gasteiger partial charge is 0.265 e. The molecule has 12 heteroatoms. The van der Waals surface area contributed by atoms with Crippen molar-refractivity contribution >= 4 is 57.9 Å². The van der Waals surface area contributed by atoms with Gasteiger partial charge in [0.05, 0.1) is 16.1 Å². The number of nitrogens with zero attached hydrogens (tertiary/aromatic N) is 3. The topological polar surface area (TPSA) is 104 Å². The summed E-state index contributed by atoms with van der Waals surface area (Å²) in [4.78, 5) is 50.7. The first kappa shape index (κ1) is 36.3. The first-order chi connectivity index (χ1) is 26.4. The average Bonchev–Trinajstić information content (AvgIpc) is 3.68. The van der Waals surface area contributed by atoms with Gasteiger partial charge < -0.3 is 25.2 Å². The molecular weight excluding hydrogens is 721 g/mol. The molecule has 2 aromatic carbocycles. The van der Waals surface area contributed by atoms with Crippen molar-refractivity contribution in [2.45, 2.75) is 33.1 Å². The summed E-state index contributed by atoms with van der Waals surface area (Å²) in [5.41, 5.74) is 6.13. The Morgan fingerprint density at radius 1 is 0.982 bits per heavy atom. The van der Waals surface area contributed by atoms with E-state index < -0.39 is 23.2 Å². The number of hydrogen-bond acceptors (Lipinski definition) is 7. The number of anilines is 3. The molecule has 2 aromatic heterocycles. The second-order valence-electron chi connectivity index (χ2n) is 14.6. The van der Waals surface area contributed by atoms with Crippen molar-refractivity contribution in [1.29, 1.82) is 0 Å². The summed E-state index contributed by atoms with van der Waals surface area (Å²) in [7, 11) is 0. The van der Waals surface area contributed by atoms with Crippen LogP contribution in [0.2, 0.25) is 0 Å². The maximum Gasteiger partial charge on any atom is 0.265 e. The molecule has 2 N–H and O–H groups in total. The lowest BCUT2D eigenvalue weighted by molar-refractivity contribution is -0.000511. The highest BCUT2D eigenvalue weighted by molar-refractivity contribution is 7.15. The third-order valence-corrected chi connectivity index (χ3v) is 12.1. The summed E-state index contributed by atoms with van der Waals surface area (Å²) in [5, 5.41) is 5.38. The van der Waals surface area contributed by atoms with Gasteiger partial charge in [-0.15, -0.1) is 11.3 Å². The lowest BCUT2D eigenvalue weighted by Crippen LogP contribution is -2.59. The Bertz CT molecular complexity index is 2340. The summed E-state index contributed by atoms with van der Waals surface area (Å²) in [6.07, 6.45) is 7.51. The minimum Gasteiger partial charge on any atom is -0.381 e. The number of aryl methyl sites for hydroxylation is 1. The lowest BCUT2D eigenvalue weighted by Gasteiger charge is -2.53. The zero-order valence-corrected chi connectivity index (χ0v) is 31.4. The van der Waals surface area contributed by atoms with Crippen LogP contribution in [-0.4, -0.2) is 60.5 Å². The van der Waals surface area contributed by atoms with E-state index in [9.17, 15) is 23.2 Å². The Labute approximate surface area is 321 Å². The number of carbonyl (C=O) groups excluding carboxylic acids is 3. The number of rotatable bonds is 7. The molecule has 9 nitrogen and oxygen atoms in total. The number of nitrogens with one attached hydrogen (secondary N) is 2. The van der Waals surface area contributed by atoms with E-state index in [0.29, 0.717) is 46.9 Å². The molecule has 0 atom stereocenters. The lowest BCUT2D eigenvalue weighted by atomic mass is 9.73. The average molecular weight is 760 g/mol. The Kier molecular flexibility index (Phi) is 9.34. The number of aromatic nitrogens is 1. The molecule has 0 bridgehead atoms. The number of thiophene rings is 1. The SMILES string of the molecule is C=Cc1cc(F)c(NC(=O)c2cc3c(s2)C2=C(C(=C)C(C)=C2)N(C(=O)c2ccc(NC(=O)c4cc(C)cnc4N4CC5(CCOCC5)C4)cc2)CC3)c(F)c1. The summed E-state index contributed by atoms with van der Waals surface area (Å²) in [5.74, 6) is -2.28. The first-order valence-corrected chi connectivity index (χ1v) is 19.0. The molecule has 3 aliphatic heterocycles. The van der Waals surface area contributed by atoms with Crippen LogP contribution >= 0.6 is 11.3 Å². The minimum absolute atomic E-state index is 0.221. The summed E-state index contributed by atoms with van der Waals surface area (Å²) < 4.78 is 34.9. The molecule has 5 heterocycles. The van der Waals surface area contributed by atoms with E-state index in [1.54, 1.807) is 41.4 Å². The molecule has 2 saturated heterocycles. The number of ether oxygens (including phenoxy) is 1. The van der Waals surface area contributed by atoms with E-state index in [1.807, 2.05) is 26.0 Å². The molecule has 0 saturated carbocycles. The zero-order valence-electron chi connectivity index (χ0n) is 30.6. The van der Waals surface area contributed by atoms with Crippen LogP contribution in [0, 0.1) is 24.0 Å². The molecule has 0 radical (unpaired) electrons. The highest BCUT2D eigenvalue weighted by Crippen LogP contribution is 2.45. The van der Waals surface area contributed by atoms with Crippen molar-refractivity contribution in [3.8, 4) is 0 Å². The van der Waals surface area contributed by atoms with Gasteiger partial charge in [-0.05, 0) is 116 Å². The molecule has 55 heavy (non-hydrogen) atoms. The number of benzene rings is 2. The summed E-state index contributed by atoms with van der Waals surface area (Å²) in [6, 6.07) is 12.6. The van der Waals surface area contributed by atoms with Crippen LogP contribution in [0.4, 0.5) is 26.0 Å². The Balaban J connectivity index is 0.992. The van der Waals surface area contributed by atoms with Crippen molar-refractivity contribution in [3.63, 3.8) is 0 Å². The molecule has 0 unspecified atom stereocenters. The minimum atomic E-state index is -0.898. The van der Waals surface area contributed by atoms with Gasteiger partial charge in [-0.2, -0.15) is 0 Å². The fraction of sp³-hybridized carbons (Fsp3) is 0.256. The molecule has 3 amide bonds. The van der Waals surface area contributed by atoms with Crippen LogP contribution in [0.15, 0.2) is 90.8 Å². The fourth-order valence-electron chi connectivity index (χ4n) is 7.77. The Hall–Kier alpha value is -5.72. The molecule has 280 valence electrons. The first-order valence-electron chi connectivity index (χ1n) is 18.1. The quantitative estimate of drug-likeness (QED) is 0.196. The number of allylic oxidation sites excluding steroid dienone is 3. The molecule has 2 fully saturated rings. The second kappa shape index (κ2) is 14.2. The molecular formula is C43H39F2N5O4S. The van der Waals surface area contributed by atoms with Gasteiger partial charge in [0.25, 0.3) is 17.7 Å². The molecule has 8 rings (SSSR count). The molecule has 1 aliphatic carbocycles. The highest BCUT2D eigenvalue weighted by Gasteiger charge is 2.45. The predicted octanol–water partition coefficient (Wildman–Crippen LogP) is 8.42. The van der Waals surface area contributed by atoms with Crippen molar-refractivity contribution < 1.29 is 27.9 Å². The van der Waals surface area contributed by atoms with Crippen LogP contribution in [0.3, 0.4) is 0 Å². The monoisotopic (exact) mass is 759 g/mol. The van der Waals surface area contributed by atoms with Gasteiger partial charge in [-0.3, -0.25) is 14.4 Å². The molecule has 4 aliphatic rings. The van der Waals surface area contributed by atoms with Gasteiger partial charge in [-0.1, -0.05) is 19.2 Å². The zero-order chi connectivity index (χ0) is 38.6. The largest absolute Gasteiger partial charge is 0.381 e. The van der Waals surface area contributed by atoms with Crippen molar-refractivity contribution in [2.24, 2.45) is 5.41 Å². The number of halogens is 2. The van der Waals surface area contributed by atoms with Crippen LogP contribution in [0.1, 0.15) is 71.7 Å². The van der Waals surface area contributed by atoms with E-state index in [0.717, 1.165) is 78.4 Å². The van der Waals surface area contributed by atoms with E-state index >= 15 is 0 Å². The number of hydrogen-bond donors (Lipinski definition) is 2. The third-order valence-electron chi connectivity index (χ3n) is 10.9. The number of carbonyl (C=O) groups is 3. The number of fused-ring (bicyclic) bond motifs is 2. The van der Waals surface area contributed by atoms with Gasteiger partial charge >= 0.3 is 0 Å². The van der Waals surface area contributed by atoms with E-state index in [4.69, 9.17) is 4.74 Å². The normalized spacial score (nSPS) is 17.2.